The second-order valence-corrected chi connectivity index (χ2v) is 5.99. The van der Waals surface area contributed by atoms with Crippen molar-refractivity contribution >= 4 is 5.78 Å². The predicted octanol–water partition coefficient (Wildman–Crippen LogP) is 3.71. The molecule has 0 radical (unpaired) electrons. The third kappa shape index (κ3) is 3.54. The Morgan fingerprint density at radius 2 is 2.00 bits per heavy atom. The molecule has 2 rings (SSSR count). The van der Waals surface area contributed by atoms with Crippen LogP contribution in [0.1, 0.15) is 71.0 Å². The third-order valence-electron chi connectivity index (χ3n) is 4.66. The Morgan fingerprint density at radius 1 is 1.33 bits per heavy atom. The molecule has 1 aliphatic carbocycles. The molecule has 0 N–H and O–H groups in total. The maximum atomic E-state index is 12.7. The van der Waals surface area contributed by atoms with Crippen LogP contribution in [0.4, 0.5) is 0 Å². The molecule has 1 fully saturated rings. The van der Waals surface area contributed by atoms with Crippen molar-refractivity contribution < 1.29 is 9.53 Å². The van der Waals surface area contributed by atoms with Gasteiger partial charge in [-0.3, -0.25) is 9.48 Å². The van der Waals surface area contributed by atoms with E-state index in [1.807, 2.05) is 23.9 Å². The van der Waals surface area contributed by atoms with E-state index in [4.69, 9.17) is 4.74 Å². The van der Waals surface area contributed by atoms with Crippen molar-refractivity contribution in [2.24, 2.45) is 0 Å². The molecule has 21 heavy (non-hydrogen) atoms. The van der Waals surface area contributed by atoms with Crippen LogP contribution < -0.4 is 0 Å². The normalized spacial score (nSPS) is 17.5. The number of rotatable bonds is 8. The fraction of sp³-hybridized carbons (Fsp3) is 0.765. The smallest absolute Gasteiger partial charge is 0.170 e. The Labute approximate surface area is 127 Å². The lowest BCUT2D eigenvalue weighted by atomic mass is 9.93. The van der Waals surface area contributed by atoms with Crippen molar-refractivity contribution in [3.63, 3.8) is 0 Å². The number of ketones is 1. The molecule has 1 heterocycles. The van der Waals surface area contributed by atoms with Gasteiger partial charge in [0, 0.05) is 12.8 Å². The zero-order valence-corrected chi connectivity index (χ0v) is 13.6. The van der Waals surface area contributed by atoms with Crippen molar-refractivity contribution in [1.29, 1.82) is 0 Å². The first-order chi connectivity index (χ1) is 10.1. The van der Waals surface area contributed by atoms with Gasteiger partial charge < -0.3 is 4.74 Å². The van der Waals surface area contributed by atoms with Gasteiger partial charge in [0.15, 0.2) is 5.78 Å². The minimum Gasteiger partial charge on any atom is -0.367 e. The molecule has 0 bridgehead atoms. The van der Waals surface area contributed by atoms with Gasteiger partial charge >= 0.3 is 0 Å². The van der Waals surface area contributed by atoms with E-state index in [1.54, 1.807) is 0 Å². The summed E-state index contributed by atoms with van der Waals surface area (Å²) in [6.07, 6.45) is 8.44. The van der Waals surface area contributed by atoms with Crippen LogP contribution in [0.3, 0.4) is 0 Å². The number of aromatic nitrogens is 2. The molecule has 1 aliphatic rings. The Kier molecular flexibility index (Phi) is 5.57. The van der Waals surface area contributed by atoms with Crippen LogP contribution in [0.5, 0.6) is 0 Å². The number of carbonyl (C=O) groups excluding carboxylic acids is 1. The van der Waals surface area contributed by atoms with Crippen LogP contribution in [0.25, 0.3) is 0 Å². The first-order valence-corrected chi connectivity index (χ1v) is 8.36. The molecule has 0 spiro atoms. The van der Waals surface area contributed by atoms with Crippen molar-refractivity contribution in [3.05, 3.63) is 18.0 Å². The Hall–Kier alpha value is -1.16. The summed E-state index contributed by atoms with van der Waals surface area (Å²) in [5, 5.41) is 4.60. The number of hydrogen-bond acceptors (Lipinski definition) is 3. The average Bonchev–Trinajstić information content (AvgIpc) is 3.11. The van der Waals surface area contributed by atoms with E-state index < -0.39 is 5.60 Å². The molecule has 0 aromatic carbocycles. The second kappa shape index (κ2) is 7.21. The van der Waals surface area contributed by atoms with Gasteiger partial charge in [-0.05, 0) is 51.5 Å². The molecule has 1 aromatic rings. The minimum atomic E-state index is -0.534. The van der Waals surface area contributed by atoms with E-state index in [-0.39, 0.29) is 5.78 Å². The largest absolute Gasteiger partial charge is 0.367 e. The summed E-state index contributed by atoms with van der Waals surface area (Å²) in [6, 6.07) is 2.41. The molecule has 0 aliphatic heterocycles. The SMILES string of the molecule is CCOC1(C(=O)Cc2ccn(C(CC)CC)n2)CCCC1. The van der Waals surface area contributed by atoms with Crippen LogP contribution in [0.2, 0.25) is 0 Å². The van der Waals surface area contributed by atoms with Gasteiger partial charge in [0.25, 0.3) is 0 Å². The van der Waals surface area contributed by atoms with Crippen molar-refractivity contribution in [3.8, 4) is 0 Å². The van der Waals surface area contributed by atoms with Gasteiger partial charge in [-0.25, -0.2) is 0 Å². The quantitative estimate of drug-likeness (QED) is 0.733. The summed E-state index contributed by atoms with van der Waals surface area (Å²) >= 11 is 0. The van der Waals surface area contributed by atoms with Crippen molar-refractivity contribution in [2.75, 3.05) is 6.61 Å². The predicted molar refractivity (Wildman–Crippen MR) is 83.4 cm³/mol. The average molecular weight is 292 g/mol. The van der Waals surface area contributed by atoms with Crippen molar-refractivity contribution in [1.82, 2.24) is 9.78 Å². The maximum Gasteiger partial charge on any atom is 0.170 e. The van der Waals surface area contributed by atoms with Gasteiger partial charge in [0.2, 0.25) is 0 Å². The van der Waals surface area contributed by atoms with Gasteiger partial charge in [0.1, 0.15) is 5.60 Å². The summed E-state index contributed by atoms with van der Waals surface area (Å²) in [6.45, 7) is 6.91. The molecule has 4 nitrogen and oxygen atoms in total. The Balaban J connectivity index is 2.05. The number of Topliss-reactive ketones (excluding diaryl/α,β-unsaturated/α-hetero) is 1. The molecule has 0 unspecified atom stereocenters. The zero-order valence-electron chi connectivity index (χ0n) is 13.6. The van der Waals surface area contributed by atoms with Crippen LogP contribution in [-0.2, 0) is 16.0 Å². The van der Waals surface area contributed by atoms with E-state index in [0.29, 0.717) is 19.1 Å². The van der Waals surface area contributed by atoms with E-state index in [1.165, 1.54) is 0 Å². The van der Waals surface area contributed by atoms with Crippen LogP contribution >= 0.6 is 0 Å². The molecule has 0 atom stereocenters. The first kappa shape index (κ1) is 16.2. The summed E-state index contributed by atoms with van der Waals surface area (Å²) in [4.78, 5) is 12.7. The highest BCUT2D eigenvalue weighted by molar-refractivity contribution is 5.89. The highest BCUT2D eigenvalue weighted by Gasteiger charge is 2.41. The number of nitrogens with zero attached hydrogens (tertiary/aromatic N) is 2. The fourth-order valence-electron chi connectivity index (χ4n) is 3.39. The van der Waals surface area contributed by atoms with E-state index in [9.17, 15) is 4.79 Å². The molecule has 4 heteroatoms. The van der Waals surface area contributed by atoms with E-state index >= 15 is 0 Å². The number of carbonyl (C=O) groups is 1. The first-order valence-electron chi connectivity index (χ1n) is 8.36. The summed E-state index contributed by atoms with van der Waals surface area (Å²) in [5.74, 6) is 0.205. The molecule has 0 saturated heterocycles. The highest BCUT2D eigenvalue weighted by atomic mass is 16.5. The second-order valence-electron chi connectivity index (χ2n) is 5.99. The monoisotopic (exact) mass is 292 g/mol. The molecular formula is C17H28N2O2. The zero-order chi connectivity index (χ0) is 15.3. The van der Waals surface area contributed by atoms with E-state index in [2.05, 4.69) is 18.9 Å². The molecule has 0 amide bonds. The summed E-state index contributed by atoms with van der Waals surface area (Å²) < 4.78 is 7.84. The van der Waals surface area contributed by atoms with Gasteiger partial charge in [-0.15, -0.1) is 0 Å². The summed E-state index contributed by atoms with van der Waals surface area (Å²) in [7, 11) is 0. The molecule has 118 valence electrons. The van der Waals surface area contributed by atoms with Gasteiger partial charge in [0.05, 0.1) is 18.2 Å². The Bertz CT molecular complexity index is 457. The van der Waals surface area contributed by atoms with Gasteiger partial charge in [-0.1, -0.05) is 13.8 Å². The highest BCUT2D eigenvalue weighted by Crippen LogP contribution is 2.35. The van der Waals surface area contributed by atoms with Gasteiger partial charge in [-0.2, -0.15) is 5.10 Å². The lowest BCUT2D eigenvalue weighted by Gasteiger charge is -2.27. The topological polar surface area (TPSA) is 44.1 Å². The standard InChI is InChI=1S/C17H28N2O2/c1-4-15(5-2)19-12-9-14(18-19)13-16(20)17(21-6-3)10-7-8-11-17/h9,12,15H,4-8,10-11,13H2,1-3H3. The van der Waals surface area contributed by atoms with E-state index in [0.717, 1.165) is 44.2 Å². The van der Waals surface area contributed by atoms with Crippen LogP contribution in [-0.4, -0.2) is 27.8 Å². The molecular weight excluding hydrogens is 264 g/mol. The maximum absolute atomic E-state index is 12.7. The molecule has 1 aromatic heterocycles. The third-order valence-corrected chi connectivity index (χ3v) is 4.66. The molecule has 1 saturated carbocycles. The summed E-state index contributed by atoms with van der Waals surface area (Å²) in [5.41, 5.74) is 0.339. The Morgan fingerprint density at radius 3 is 2.57 bits per heavy atom. The van der Waals surface area contributed by atoms with Crippen LogP contribution in [0.15, 0.2) is 12.3 Å². The number of ether oxygens (including phenoxy) is 1. The lowest BCUT2D eigenvalue weighted by molar-refractivity contribution is -0.142. The van der Waals surface area contributed by atoms with Crippen molar-refractivity contribution in [2.45, 2.75) is 77.4 Å². The minimum absolute atomic E-state index is 0.205. The lowest BCUT2D eigenvalue weighted by Crippen LogP contribution is -2.40. The van der Waals surface area contributed by atoms with Crippen LogP contribution in [0, 0.1) is 0 Å². The number of hydrogen-bond donors (Lipinski definition) is 0. The fourth-order valence-corrected chi connectivity index (χ4v) is 3.39.